The Kier molecular flexibility index (Phi) is 6.50. The zero-order chi connectivity index (χ0) is 22.4. The molecule has 0 aliphatic carbocycles. The third kappa shape index (κ3) is 6.27. The summed E-state index contributed by atoms with van der Waals surface area (Å²) in [6.07, 6.45) is 6.88. The van der Waals surface area contributed by atoms with Gasteiger partial charge < -0.3 is 15.8 Å². The molecule has 3 N–H and O–H groups in total. The molecule has 31 heavy (non-hydrogen) atoms. The fourth-order valence-electron chi connectivity index (χ4n) is 2.90. The first-order valence-corrected chi connectivity index (χ1v) is 9.82. The van der Waals surface area contributed by atoms with Crippen molar-refractivity contribution >= 4 is 11.8 Å². The number of rotatable bonds is 6. The van der Waals surface area contributed by atoms with Gasteiger partial charge >= 0.3 is 6.09 Å². The molecule has 0 bridgehead atoms. The number of carbonyl (C=O) groups is 1. The summed E-state index contributed by atoms with van der Waals surface area (Å²) in [5.41, 5.74) is 8.89. The predicted octanol–water partition coefficient (Wildman–Crippen LogP) is 2.91. The number of carbonyl (C=O) groups excluding carboxylic acids is 1. The lowest BCUT2D eigenvalue weighted by Crippen LogP contribution is -2.33. The highest BCUT2D eigenvalue weighted by Gasteiger charge is 2.15. The van der Waals surface area contributed by atoms with Crippen molar-refractivity contribution in [3.05, 3.63) is 59.7 Å². The molecule has 0 fully saturated rings. The zero-order valence-corrected chi connectivity index (χ0v) is 17.8. The Morgan fingerprint density at radius 2 is 2.00 bits per heavy atom. The summed E-state index contributed by atoms with van der Waals surface area (Å²) in [5.74, 6) is 0.545. The summed E-state index contributed by atoms with van der Waals surface area (Å²) in [6, 6.07) is 7.52. The van der Waals surface area contributed by atoms with Crippen LogP contribution in [0.3, 0.4) is 0 Å². The van der Waals surface area contributed by atoms with Gasteiger partial charge in [-0.1, -0.05) is 0 Å². The molecule has 0 saturated carbocycles. The first-order chi connectivity index (χ1) is 14.7. The third-order valence-electron chi connectivity index (χ3n) is 4.25. The van der Waals surface area contributed by atoms with E-state index in [-0.39, 0.29) is 0 Å². The number of hydrogen-bond donors (Lipinski definition) is 2. The molecule has 2 aromatic heterocycles. The average molecular weight is 419 g/mol. The number of nitrogens with zero attached hydrogens (tertiary/aromatic N) is 5. The van der Waals surface area contributed by atoms with E-state index in [0.29, 0.717) is 36.6 Å². The smallest absolute Gasteiger partial charge is 0.407 e. The van der Waals surface area contributed by atoms with Crippen LogP contribution in [-0.2, 0) is 17.7 Å². The number of nitriles is 1. The van der Waals surface area contributed by atoms with Gasteiger partial charge in [-0.25, -0.2) is 14.8 Å². The molecule has 3 rings (SSSR count). The molecule has 0 unspecified atom stereocenters. The summed E-state index contributed by atoms with van der Waals surface area (Å²) in [4.78, 5) is 20.7. The molecule has 0 aliphatic rings. The highest BCUT2D eigenvalue weighted by atomic mass is 16.6. The Morgan fingerprint density at radius 3 is 2.61 bits per heavy atom. The number of benzene rings is 1. The lowest BCUT2D eigenvalue weighted by molar-refractivity contribution is 0.0528. The lowest BCUT2D eigenvalue weighted by atomic mass is 10.0. The molecular formula is C22H25N7O2. The molecule has 1 amide bonds. The Morgan fingerprint density at radius 1 is 1.26 bits per heavy atom. The minimum atomic E-state index is -0.532. The van der Waals surface area contributed by atoms with Crippen LogP contribution < -0.4 is 11.1 Å². The monoisotopic (exact) mass is 419 g/mol. The molecule has 0 radical (unpaired) electrons. The molecule has 2 heterocycles. The molecular weight excluding hydrogens is 394 g/mol. The second-order valence-electron chi connectivity index (χ2n) is 8.05. The van der Waals surface area contributed by atoms with E-state index in [1.54, 1.807) is 41.6 Å². The van der Waals surface area contributed by atoms with E-state index >= 15 is 0 Å². The maximum absolute atomic E-state index is 11.7. The summed E-state index contributed by atoms with van der Waals surface area (Å²) in [5, 5.41) is 16.2. The van der Waals surface area contributed by atoms with Crippen molar-refractivity contribution in [2.45, 2.75) is 39.3 Å². The topological polar surface area (TPSA) is 132 Å². The molecule has 0 saturated heterocycles. The highest BCUT2D eigenvalue weighted by molar-refractivity contribution is 5.67. The van der Waals surface area contributed by atoms with Crippen molar-refractivity contribution in [1.29, 1.82) is 5.26 Å². The molecule has 0 spiro atoms. The van der Waals surface area contributed by atoms with Crippen LogP contribution in [0.5, 0.6) is 0 Å². The van der Waals surface area contributed by atoms with Gasteiger partial charge in [0.15, 0.2) is 5.82 Å². The minimum Gasteiger partial charge on any atom is -0.444 e. The number of hydrogen-bond acceptors (Lipinski definition) is 7. The summed E-state index contributed by atoms with van der Waals surface area (Å²) >= 11 is 0. The van der Waals surface area contributed by atoms with Crippen molar-refractivity contribution in [2.75, 3.05) is 12.3 Å². The Balaban J connectivity index is 1.70. The van der Waals surface area contributed by atoms with Crippen LogP contribution in [0.25, 0.3) is 11.4 Å². The van der Waals surface area contributed by atoms with Crippen LogP contribution in [0.1, 0.15) is 37.5 Å². The summed E-state index contributed by atoms with van der Waals surface area (Å²) in [7, 11) is 0. The lowest BCUT2D eigenvalue weighted by Gasteiger charge is -2.19. The number of ether oxygens (including phenoxy) is 1. The van der Waals surface area contributed by atoms with Gasteiger partial charge in [-0.3, -0.25) is 4.68 Å². The van der Waals surface area contributed by atoms with E-state index in [1.165, 1.54) is 0 Å². The minimum absolute atomic E-state index is 0.417. The fourth-order valence-corrected chi connectivity index (χ4v) is 2.90. The summed E-state index contributed by atoms with van der Waals surface area (Å²) in [6.45, 7) is 6.31. The van der Waals surface area contributed by atoms with Gasteiger partial charge in [-0.15, -0.1) is 0 Å². The van der Waals surface area contributed by atoms with Crippen LogP contribution in [0.2, 0.25) is 0 Å². The van der Waals surface area contributed by atoms with Gasteiger partial charge in [0.25, 0.3) is 0 Å². The second-order valence-corrected chi connectivity index (χ2v) is 8.05. The highest BCUT2D eigenvalue weighted by Crippen LogP contribution is 2.23. The SMILES string of the molecule is CC(C)(C)OC(=O)NCCc1cnc(-c2ccc(C#N)cc2Cn2cc(N)cn2)nc1. The van der Waals surface area contributed by atoms with E-state index in [2.05, 4.69) is 26.5 Å². The van der Waals surface area contributed by atoms with E-state index in [4.69, 9.17) is 10.5 Å². The number of nitrogen functional groups attached to an aromatic ring is 1. The van der Waals surface area contributed by atoms with E-state index in [0.717, 1.165) is 16.7 Å². The Hall–Kier alpha value is -3.93. The first kappa shape index (κ1) is 21.8. The van der Waals surface area contributed by atoms with E-state index in [9.17, 15) is 10.1 Å². The maximum atomic E-state index is 11.7. The van der Waals surface area contributed by atoms with Gasteiger partial charge in [0.1, 0.15) is 5.60 Å². The number of nitrogens with two attached hydrogens (primary N) is 1. The molecule has 3 aromatic rings. The number of anilines is 1. The Labute approximate surface area is 180 Å². The Bertz CT molecular complexity index is 1090. The maximum Gasteiger partial charge on any atom is 0.407 e. The molecule has 9 heteroatoms. The van der Waals surface area contributed by atoms with Crippen molar-refractivity contribution in [2.24, 2.45) is 0 Å². The van der Waals surface area contributed by atoms with E-state index in [1.807, 2.05) is 26.8 Å². The van der Waals surface area contributed by atoms with Gasteiger partial charge in [-0.05, 0) is 56.5 Å². The predicted molar refractivity (Wildman–Crippen MR) is 116 cm³/mol. The average Bonchev–Trinajstić information content (AvgIpc) is 3.12. The van der Waals surface area contributed by atoms with Crippen LogP contribution in [0.15, 0.2) is 43.0 Å². The van der Waals surface area contributed by atoms with Gasteiger partial charge in [-0.2, -0.15) is 10.4 Å². The molecule has 1 aromatic carbocycles. The van der Waals surface area contributed by atoms with Crippen LogP contribution in [0, 0.1) is 11.3 Å². The third-order valence-corrected chi connectivity index (χ3v) is 4.25. The van der Waals surface area contributed by atoms with Crippen LogP contribution in [0.4, 0.5) is 10.5 Å². The summed E-state index contributed by atoms with van der Waals surface area (Å²) < 4.78 is 6.92. The van der Waals surface area contributed by atoms with E-state index < -0.39 is 11.7 Å². The van der Waals surface area contributed by atoms with Crippen molar-refractivity contribution in [3.63, 3.8) is 0 Å². The van der Waals surface area contributed by atoms with Crippen molar-refractivity contribution in [1.82, 2.24) is 25.1 Å². The number of nitrogens with one attached hydrogen (secondary N) is 1. The largest absolute Gasteiger partial charge is 0.444 e. The zero-order valence-electron chi connectivity index (χ0n) is 17.8. The van der Waals surface area contributed by atoms with Gasteiger partial charge in [0.2, 0.25) is 0 Å². The van der Waals surface area contributed by atoms with Gasteiger partial charge in [0.05, 0.1) is 30.1 Å². The van der Waals surface area contributed by atoms with Crippen molar-refractivity contribution in [3.8, 4) is 17.5 Å². The number of alkyl carbamates (subject to hydrolysis) is 1. The molecule has 9 nitrogen and oxygen atoms in total. The fraction of sp³-hybridized carbons (Fsp3) is 0.318. The van der Waals surface area contributed by atoms with Gasteiger partial charge in [0, 0.05) is 30.7 Å². The second kappa shape index (κ2) is 9.26. The quantitative estimate of drug-likeness (QED) is 0.628. The molecule has 0 atom stereocenters. The van der Waals surface area contributed by atoms with Crippen LogP contribution >= 0.6 is 0 Å². The molecule has 160 valence electrons. The normalized spacial score (nSPS) is 11.0. The van der Waals surface area contributed by atoms with Crippen molar-refractivity contribution < 1.29 is 9.53 Å². The molecule has 0 aliphatic heterocycles. The number of amides is 1. The number of aromatic nitrogens is 4. The van der Waals surface area contributed by atoms with Crippen LogP contribution in [-0.4, -0.2) is 38.0 Å². The standard InChI is InChI=1S/C22H25N7O2/c1-22(2,3)31-21(30)25-7-6-16-10-26-20(27-11-16)19-5-4-15(9-23)8-17(19)13-29-14-18(24)12-28-29/h4-5,8,10-12,14H,6-7,13,24H2,1-3H3,(H,25,30). The first-order valence-electron chi connectivity index (χ1n) is 9.82.